The standard InChI is InChI=1S/C17H32N4O3.HI/c1-7-18-16(20-9-8-19-15(23)17(3,4)5)21-10-12(2)13(11-21)14(22)24-6;/h12-13H,7-11H2,1-6H3,(H,18,20)(H,19,23);1H. The van der Waals surface area contributed by atoms with Crippen LogP contribution in [0.15, 0.2) is 4.99 Å². The minimum atomic E-state index is -0.396. The Hall–Kier alpha value is -1.06. The summed E-state index contributed by atoms with van der Waals surface area (Å²) in [5.74, 6) is 0.726. The molecule has 0 aliphatic carbocycles. The fourth-order valence-corrected chi connectivity index (χ4v) is 2.62. The van der Waals surface area contributed by atoms with Crippen LogP contribution in [0.4, 0.5) is 0 Å². The predicted octanol–water partition coefficient (Wildman–Crippen LogP) is 1.47. The lowest BCUT2D eigenvalue weighted by molar-refractivity contribution is -0.146. The second kappa shape index (κ2) is 10.8. The zero-order chi connectivity index (χ0) is 18.3. The van der Waals surface area contributed by atoms with E-state index in [-0.39, 0.29) is 47.7 Å². The maximum absolute atomic E-state index is 11.8. The molecule has 1 aliphatic heterocycles. The molecule has 0 aromatic heterocycles. The van der Waals surface area contributed by atoms with Crippen LogP contribution in [0.2, 0.25) is 0 Å². The molecule has 0 aromatic rings. The summed E-state index contributed by atoms with van der Waals surface area (Å²) in [6, 6.07) is 0. The Labute approximate surface area is 168 Å². The van der Waals surface area contributed by atoms with Crippen molar-refractivity contribution in [3.05, 3.63) is 0 Å². The van der Waals surface area contributed by atoms with E-state index < -0.39 is 5.41 Å². The molecule has 0 aromatic carbocycles. The Morgan fingerprint density at radius 1 is 1.24 bits per heavy atom. The van der Waals surface area contributed by atoms with E-state index in [4.69, 9.17) is 4.74 Å². The van der Waals surface area contributed by atoms with Crippen molar-refractivity contribution in [1.82, 2.24) is 15.5 Å². The lowest BCUT2D eigenvalue weighted by Gasteiger charge is -2.22. The largest absolute Gasteiger partial charge is 0.469 e. The first-order valence-electron chi connectivity index (χ1n) is 8.60. The zero-order valence-corrected chi connectivity index (χ0v) is 18.5. The number of esters is 1. The van der Waals surface area contributed by atoms with Gasteiger partial charge >= 0.3 is 5.97 Å². The molecule has 0 spiro atoms. The van der Waals surface area contributed by atoms with E-state index in [2.05, 4.69) is 27.4 Å². The lowest BCUT2D eigenvalue weighted by atomic mass is 9.96. The number of methoxy groups -OCH3 is 1. The number of nitrogens with one attached hydrogen (secondary N) is 2. The molecule has 1 saturated heterocycles. The normalized spacial score (nSPS) is 20.7. The number of carbonyl (C=O) groups excluding carboxylic acids is 2. The number of likely N-dealkylation sites (tertiary alicyclic amines) is 1. The molecule has 0 bridgehead atoms. The summed E-state index contributed by atoms with van der Waals surface area (Å²) in [6.07, 6.45) is 0. The Morgan fingerprint density at radius 3 is 2.40 bits per heavy atom. The van der Waals surface area contributed by atoms with Gasteiger partial charge in [-0.05, 0) is 12.8 Å². The first kappa shape index (κ1) is 23.9. The molecule has 2 atom stereocenters. The molecule has 1 fully saturated rings. The van der Waals surface area contributed by atoms with E-state index >= 15 is 0 Å². The van der Waals surface area contributed by atoms with Crippen molar-refractivity contribution in [2.45, 2.75) is 34.6 Å². The highest BCUT2D eigenvalue weighted by Gasteiger charge is 2.36. The maximum Gasteiger partial charge on any atom is 0.310 e. The molecule has 2 unspecified atom stereocenters. The average molecular weight is 468 g/mol. The van der Waals surface area contributed by atoms with Crippen LogP contribution in [0.5, 0.6) is 0 Å². The van der Waals surface area contributed by atoms with E-state index in [1.807, 2.05) is 27.7 Å². The summed E-state index contributed by atoms with van der Waals surface area (Å²) >= 11 is 0. The van der Waals surface area contributed by atoms with Crippen LogP contribution in [0.1, 0.15) is 34.6 Å². The van der Waals surface area contributed by atoms with E-state index in [1.165, 1.54) is 7.11 Å². The first-order valence-corrected chi connectivity index (χ1v) is 8.60. The van der Waals surface area contributed by atoms with Crippen LogP contribution < -0.4 is 10.6 Å². The van der Waals surface area contributed by atoms with Crippen LogP contribution in [0, 0.1) is 17.3 Å². The molecule has 1 aliphatic rings. The van der Waals surface area contributed by atoms with Crippen molar-refractivity contribution in [3.63, 3.8) is 0 Å². The highest BCUT2D eigenvalue weighted by Crippen LogP contribution is 2.24. The molecule has 146 valence electrons. The predicted molar refractivity (Wildman–Crippen MR) is 110 cm³/mol. The second-order valence-electron chi connectivity index (χ2n) is 7.25. The third kappa shape index (κ3) is 7.37. The van der Waals surface area contributed by atoms with Crippen LogP contribution in [-0.4, -0.2) is 62.6 Å². The summed E-state index contributed by atoms with van der Waals surface area (Å²) in [6.45, 7) is 12.8. The molecule has 1 rings (SSSR count). The summed E-state index contributed by atoms with van der Waals surface area (Å²) in [5, 5.41) is 6.14. The van der Waals surface area contributed by atoms with Gasteiger partial charge in [0.1, 0.15) is 0 Å². The minimum Gasteiger partial charge on any atom is -0.469 e. The average Bonchev–Trinajstić information content (AvgIpc) is 2.90. The topological polar surface area (TPSA) is 83.0 Å². The van der Waals surface area contributed by atoms with Gasteiger partial charge in [0.15, 0.2) is 5.96 Å². The Kier molecular flexibility index (Phi) is 10.4. The van der Waals surface area contributed by atoms with Gasteiger partial charge in [0.05, 0.1) is 19.6 Å². The number of hydrogen-bond donors (Lipinski definition) is 2. The number of guanidine groups is 1. The van der Waals surface area contributed by atoms with Gasteiger partial charge in [0.25, 0.3) is 0 Å². The highest BCUT2D eigenvalue weighted by molar-refractivity contribution is 14.0. The van der Waals surface area contributed by atoms with E-state index in [0.29, 0.717) is 19.6 Å². The van der Waals surface area contributed by atoms with Crippen molar-refractivity contribution < 1.29 is 14.3 Å². The quantitative estimate of drug-likeness (QED) is 0.210. The molecule has 2 N–H and O–H groups in total. The second-order valence-corrected chi connectivity index (χ2v) is 7.25. The van der Waals surface area contributed by atoms with Gasteiger partial charge in [-0.2, -0.15) is 0 Å². The Morgan fingerprint density at radius 2 is 1.88 bits per heavy atom. The molecule has 1 amide bonds. The lowest BCUT2D eigenvalue weighted by Crippen LogP contribution is -2.41. The van der Waals surface area contributed by atoms with Gasteiger partial charge in [-0.3, -0.25) is 14.6 Å². The van der Waals surface area contributed by atoms with Crippen LogP contribution in [0.3, 0.4) is 0 Å². The fraction of sp³-hybridized carbons (Fsp3) is 0.824. The molecular weight excluding hydrogens is 435 g/mol. The third-order valence-corrected chi connectivity index (χ3v) is 4.09. The molecule has 0 saturated carbocycles. The SMILES string of the molecule is CCNC(=NCCNC(=O)C(C)(C)C)N1CC(C)C(C(=O)OC)C1.I. The van der Waals surface area contributed by atoms with Crippen molar-refractivity contribution in [3.8, 4) is 0 Å². The smallest absolute Gasteiger partial charge is 0.310 e. The monoisotopic (exact) mass is 468 g/mol. The molecule has 25 heavy (non-hydrogen) atoms. The van der Waals surface area contributed by atoms with Gasteiger partial charge < -0.3 is 20.3 Å². The molecule has 7 nitrogen and oxygen atoms in total. The van der Waals surface area contributed by atoms with E-state index in [9.17, 15) is 9.59 Å². The summed E-state index contributed by atoms with van der Waals surface area (Å²) in [4.78, 5) is 30.3. The van der Waals surface area contributed by atoms with E-state index in [0.717, 1.165) is 19.0 Å². The number of nitrogens with zero attached hydrogens (tertiary/aromatic N) is 2. The van der Waals surface area contributed by atoms with Crippen LogP contribution in [-0.2, 0) is 14.3 Å². The van der Waals surface area contributed by atoms with Gasteiger partial charge in [0, 0.05) is 31.6 Å². The number of halogens is 1. The van der Waals surface area contributed by atoms with Crippen molar-refractivity contribution in [2.24, 2.45) is 22.2 Å². The first-order chi connectivity index (χ1) is 11.2. The number of carbonyl (C=O) groups is 2. The van der Waals surface area contributed by atoms with Crippen LogP contribution in [0.25, 0.3) is 0 Å². The van der Waals surface area contributed by atoms with Crippen molar-refractivity contribution in [1.29, 1.82) is 0 Å². The summed E-state index contributed by atoms with van der Waals surface area (Å²) < 4.78 is 4.88. The number of rotatable bonds is 5. The molecule has 1 heterocycles. The van der Waals surface area contributed by atoms with Gasteiger partial charge in [-0.1, -0.05) is 27.7 Å². The minimum absolute atomic E-state index is 0. The summed E-state index contributed by atoms with van der Waals surface area (Å²) in [7, 11) is 1.43. The zero-order valence-electron chi connectivity index (χ0n) is 16.2. The number of ether oxygens (including phenoxy) is 1. The van der Waals surface area contributed by atoms with Gasteiger partial charge in [-0.25, -0.2) is 0 Å². The molecule has 8 heteroatoms. The fourth-order valence-electron chi connectivity index (χ4n) is 2.62. The number of amides is 1. The molecule has 0 radical (unpaired) electrons. The number of aliphatic imine (C=N–C) groups is 1. The van der Waals surface area contributed by atoms with Gasteiger partial charge in [-0.15, -0.1) is 24.0 Å². The maximum atomic E-state index is 11.8. The summed E-state index contributed by atoms with van der Waals surface area (Å²) in [5.41, 5.74) is -0.396. The van der Waals surface area contributed by atoms with Crippen LogP contribution >= 0.6 is 24.0 Å². The highest BCUT2D eigenvalue weighted by atomic mass is 127. The van der Waals surface area contributed by atoms with Crippen molar-refractivity contribution in [2.75, 3.05) is 39.8 Å². The Balaban J connectivity index is 0.00000576. The third-order valence-electron chi connectivity index (χ3n) is 4.09. The van der Waals surface area contributed by atoms with Crippen molar-refractivity contribution >= 4 is 41.8 Å². The number of hydrogen-bond acceptors (Lipinski definition) is 4. The van der Waals surface area contributed by atoms with E-state index in [1.54, 1.807) is 0 Å². The molecular formula is C17H33IN4O3. The Bertz CT molecular complexity index is 477. The van der Waals surface area contributed by atoms with Gasteiger partial charge in [0.2, 0.25) is 5.91 Å².